The van der Waals surface area contributed by atoms with Crippen molar-refractivity contribution in [2.24, 2.45) is 7.05 Å². The molecule has 1 aromatic heterocycles. The smallest absolute Gasteiger partial charge is 0.231 e. The van der Waals surface area contributed by atoms with Crippen molar-refractivity contribution in [1.29, 1.82) is 0 Å². The van der Waals surface area contributed by atoms with E-state index in [1.54, 1.807) is 0 Å². The van der Waals surface area contributed by atoms with Crippen LogP contribution in [0.3, 0.4) is 0 Å². The van der Waals surface area contributed by atoms with Gasteiger partial charge in [-0.25, -0.2) is 0 Å². The van der Waals surface area contributed by atoms with Crippen molar-refractivity contribution in [3.05, 3.63) is 59.8 Å². The van der Waals surface area contributed by atoms with Crippen molar-refractivity contribution in [2.45, 2.75) is 31.6 Å². The Labute approximate surface area is 189 Å². The minimum atomic E-state index is -0.0643. The van der Waals surface area contributed by atoms with Gasteiger partial charge in [-0.05, 0) is 55.3 Å². The van der Waals surface area contributed by atoms with E-state index in [1.165, 1.54) is 30.2 Å². The van der Waals surface area contributed by atoms with Gasteiger partial charge in [-0.3, -0.25) is 4.79 Å². The lowest BCUT2D eigenvalue weighted by Crippen LogP contribution is -2.38. The van der Waals surface area contributed by atoms with E-state index < -0.39 is 0 Å². The van der Waals surface area contributed by atoms with Gasteiger partial charge in [0.25, 0.3) is 0 Å². The normalized spacial score (nSPS) is 16.9. The van der Waals surface area contributed by atoms with Gasteiger partial charge in [-0.15, -0.1) is 0 Å². The second kappa shape index (κ2) is 9.25. The number of nitrogens with zero attached hydrogens (tertiary/aromatic N) is 2. The monoisotopic (exact) mass is 433 g/mol. The number of piperidine rings is 1. The van der Waals surface area contributed by atoms with Crippen LogP contribution in [-0.2, 0) is 11.8 Å². The summed E-state index contributed by atoms with van der Waals surface area (Å²) in [4.78, 5) is 15.5. The number of hydrogen-bond acceptors (Lipinski definition) is 4. The number of carbonyl (C=O) groups excluding carboxylic acids is 1. The molecule has 0 saturated carbocycles. The molecule has 32 heavy (non-hydrogen) atoms. The van der Waals surface area contributed by atoms with E-state index in [-0.39, 0.29) is 18.6 Å². The Hall–Kier alpha value is -2.99. The van der Waals surface area contributed by atoms with Gasteiger partial charge in [0.05, 0.1) is 0 Å². The number of benzene rings is 2. The van der Waals surface area contributed by atoms with Gasteiger partial charge in [0.2, 0.25) is 12.7 Å². The standard InChI is InChI=1S/C26H31N3O3/c1-28-17-22(20-7-3-4-8-23(20)28)21(19-9-10-24-25(15-19)32-18-31-24)16-26(30)27-11-14-29-12-5-2-6-13-29/h3-4,7-10,15,17,21H,2,5-6,11-14,16,18H2,1H3,(H,27,30). The van der Waals surface area contributed by atoms with E-state index in [1.807, 2.05) is 12.1 Å². The second-order valence-electron chi connectivity index (χ2n) is 8.83. The van der Waals surface area contributed by atoms with E-state index >= 15 is 0 Å². The molecule has 3 heterocycles. The van der Waals surface area contributed by atoms with E-state index in [0.29, 0.717) is 13.0 Å². The lowest BCUT2D eigenvalue weighted by Gasteiger charge is -2.26. The fourth-order valence-electron chi connectivity index (χ4n) is 4.98. The fraction of sp³-hybridized carbons (Fsp3) is 0.423. The Bertz CT molecular complexity index is 1100. The molecule has 1 N–H and O–H groups in total. The van der Waals surface area contributed by atoms with Crippen LogP contribution in [0.2, 0.25) is 0 Å². The largest absolute Gasteiger partial charge is 0.454 e. The first-order valence-electron chi connectivity index (χ1n) is 11.6. The molecule has 0 spiro atoms. The quantitative estimate of drug-likeness (QED) is 0.611. The molecule has 0 aliphatic carbocycles. The first-order valence-corrected chi connectivity index (χ1v) is 11.6. The molecule has 5 rings (SSSR count). The highest BCUT2D eigenvalue weighted by Gasteiger charge is 2.25. The van der Waals surface area contributed by atoms with Crippen LogP contribution in [0, 0.1) is 0 Å². The SMILES string of the molecule is Cn1cc(C(CC(=O)NCCN2CCCCC2)c2ccc3c(c2)OCO3)c2ccccc21. The summed E-state index contributed by atoms with van der Waals surface area (Å²) in [6.07, 6.45) is 6.40. The average Bonchev–Trinajstić information content (AvgIpc) is 3.42. The Balaban J connectivity index is 1.38. The van der Waals surface area contributed by atoms with Gasteiger partial charge in [0, 0.05) is 49.6 Å². The molecule has 2 aliphatic rings. The first-order chi connectivity index (χ1) is 15.7. The summed E-state index contributed by atoms with van der Waals surface area (Å²) >= 11 is 0. The number of hydrogen-bond donors (Lipinski definition) is 1. The molecule has 3 aromatic rings. The number of para-hydroxylation sites is 1. The number of ether oxygens (including phenoxy) is 2. The maximum atomic E-state index is 13.0. The van der Waals surface area contributed by atoms with Crippen molar-refractivity contribution in [3.8, 4) is 11.5 Å². The van der Waals surface area contributed by atoms with Crippen molar-refractivity contribution < 1.29 is 14.3 Å². The maximum Gasteiger partial charge on any atom is 0.231 e. The summed E-state index contributed by atoms with van der Waals surface area (Å²) in [6.45, 7) is 4.16. The molecule has 1 saturated heterocycles. The minimum Gasteiger partial charge on any atom is -0.454 e. The highest BCUT2D eigenvalue weighted by atomic mass is 16.7. The molecule has 6 nitrogen and oxygen atoms in total. The van der Waals surface area contributed by atoms with Crippen LogP contribution in [0.15, 0.2) is 48.7 Å². The zero-order chi connectivity index (χ0) is 21.9. The number of amides is 1. The van der Waals surface area contributed by atoms with Gasteiger partial charge < -0.3 is 24.3 Å². The number of aryl methyl sites for hydroxylation is 1. The van der Waals surface area contributed by atoms with E-state index in [9.17, 15) is 4.79 Å². The van der Waals surface area contributed by atoms with Crippen LogP contribution in [0.4, 0.5) is 0 Å². The van der Waals surface area contributed by atoms with Crippen LogP contribution in [-0.4, -0.2) is 48.3 Å². The van der Waals surface area contributed by atoms with Crippen LogP contribution in [0.1, 0.15) is 42.7 Å². The number of rotatable bonds is 7. The number of aromatic nitrogens is 1. The number of likely N-dealkylation sites (tertiary alicyclic amines) is 1. The molecule has 0 radical (unpaired) electrons. The lowest BCUT2D eigenvalue weighted by molar-refractivity contribution is -0.121. The molecule has 168 valence electrons. The van der Waals surface area contributed by atoms with Crippen LogP contribution in [0.25, 0.3) is 10.9 Å². The summed E-state index contributed by atoms with van der Waals surface area (Å²) in [5.41, 5.74) is 3.39. The Morgan fingerprint density at radius 1 is 1.06 bits per heavy atom. The summed E-state index contributed by atoms with van der Waals surface area (Å²) in [6, 6.07) is 14.4. The molecule has 0 bridgehead atoms. The third-order valence-corrected chi connectivity index (χ3v) is 6.69. The molecular formula is C26H31N3O3. The Morgan fingerprint density at radius 2 is 1.88 bits per heavy atom. The molecule has 1 fully saturated rings. The Kier molecular flexibility index (Phi) is 6.04. The first kappa shape index (κ1) is 20.9. The number of nitrogens with one attached hydrogen (secondary N) is 1. The second-order valence-corrected chi connectivity index (χ2v) is 8.83. The molecular weight excluding hydrogens is 402 g/mol. The molecule has 6 heteroatoms. The van der Waals surface area contributed by atoms with Crippen LogP contribution < -0.4 is 14.8 Å². The molecule has 2 aromatic carbocycles. The predicted octanol–water partition coefficient (Wildman–Crippen LogP) is 4.03. The van der Waals surface area contributed by atoms with Crippen molar-refractivity contribution in [2.75, 3.05) is 33.0 Å². The molecule has 1 atom stereocenters. The van der Waals surface area contributed by atoms with E-state index in [0.717, 1.165) is 42.3 Å². The maximum absolute atomic E-state index is 13.0. The van der Waals surface area contributed by atoms with Gasteiger partial charge in [-0.1, -0.05) is 30.7 Å². The third kappa shape index (κ3) is 4.32. The summed E-state index contributed by atoms with van der Waals surface area (Å²) < 4.78 is 13.3. The van der Waals surface area contributed by atoms with Crippen LogP contribution in [0.5, 0.6) is 11.5 Å². The average molecular weight is 434 g/mol. The Morgan fingerprint density at radius 3 is 2.75 bits per heavy atom. The van der Waals surface area contributed by atoms with Crippen LogP contribution >= 0.6 is 0 Å². The molecule has 1 amide bonds. The van der Waals surface area contributed by atoms with Gasteiger partial charge in [-0.2, -0.15) is 0 Å². The third-order valence-electron chi connectivity index (χ3n) is 6.69. The van der Waals surface area contributed by atoms with Crippen molar-refractivity contribution in [1.82, 2.24) is 14.8 Å². The minimum absolute atomic E-state index is 0.0643. The lowest BCUT2D eigenvalue weighted by atomic mass is 9.87. The van der Waals surface area contributed by atoms with Gasteiger partial charge >= 0.3 is 0 Å². The van der Waals surface area contributed by atoms with Gasteiger partial charge in [0.15, 0.2) is 11.5 Å². The zero-order valence-electron chi connectivity index (χ0n) is 18.7. The highest BCUT2D eigenvalue weighted by molar-refractivity contribution is 5.86. The predicted molar refractivity (Wildman–Crippen MR) is 125 cm³/mol. The summed E-state index contributed by atoms with van der Waals surface area (Å²) in [5.74, 6) is 1.53. The zero-order valence-corrected chi connectivity index (χ0v) is 18.7. The van der Waals surface area contributed by atoms with Crippen molar-refractivity contribution in [3.63, 3.8) is 0 Å². The van der Waals surface area contributed by atoms with Crippen molar-refractivity contribution >= 4 is 16.8 Å². The number of carbonyl (C=O) groups is 1. The number of fused-ring (bicyclic) bond motifs is 2. The highest BCUT2D eigenvalue weighted by Crippen LogP contribution is 2.39. The molecule has 2 aliphatic heterocycles. The topological polar surface area (TPSA) is 55.7 Å². The summed E-state index contributed by atoms with van der Waals surface area (Å²) in [7, 11) is 2.06. The summed E-state index contributed by atoms with van der Waals surface area (Å²) in [5, 5.41) is 4.34. The van der Waals surface area contributed by atoms with E-state index in [4.69, 9.17) is 9.47 Å². The molecule has 1 unspecified atom stereocenters. The fourth-order valence-corrected chi connectivity index (χ4v) is 4.98. The van der Waals surface area contributed by atoms with Gasteiger partial charge in [0.1, 0.15) is 0 Å². The van der Waals surface area contributed by atoms with E-state index in [2.05, 4.69) is 58.4 Å².